The Balaban J connectivity index is 1.73. The van der Waals surface area contributed by atoms with E-state index >= 15 is 0 Å². The molecule has 0 amide bonds. The molecule has 4 nitrogen and oxygen atoms in total. The minimum Gasteiger partial charge on any atom is -0.424 e. The summed E-state index contributed by atoms with van der Waals surface area (Å²) in [4.78, 5) is 27.9. The van der Waals surface area contributed by atoms with Crippen molar-refractivity contribution in [3.63, 3.8) is 0 Å². The number of para-hydroxylation sites is 1. The zero-order valence-corrected chi connectivity index (χ0v) is 11.9. The smallest absolute Gasteiger partial charge is 0.311 e. The van der Waals surface area contributed by atoms with Gasteiger partial charge < -0.3 is 4.74 Å². The molecule has 1 aliphatic rings. The first-order valence-electron chi connectivity index (χ1n) is 7.22. The summed E-state index contributed by atoms with van der Waals surface area (Å²) in [7, 11) is 0. The Labute approximate surface area is 123 Å². The van der Waals surface area contributed by atoms with Crippen molar-refractivity contribution in [2.45, 2.75) is 26.2 Å². The molecule has 1 aromatic carbocycles. The van der Waals surface area contributed by atoms with E-state index in [0.717, 1.165) is 11.8 Å². The third-order valence-corrected chi connectivity index (χ3v) is 4.22. The molecular formula is C17H17NO3. The molecule has 2 atom stereocenters. The van der Waals surface area contributed by atoms with Crippen LogP contribution in [0.1, 0.15) is 26.2 Å². The number of esters is 1. The average Bonchev–Trinajstić information content (AvgIpc) is 2.80. The number of aromatic nitrogens is 1. The fraction of sp³-hybridized carbons (Fsp3) is 0.353. The second-order valence-electron chi connectivity index (χ2n) is 5.56. The van der Waals surface area contributed by atoms with Crippen molar-refractivity contribution in [3.05, 3.63) is 36.5 Å². The number of Topliss-reactive ketones (excluding diaryl/α,β-unsaturated/α-hetero) is 1. The van der Waals surface area contributed by atoms with E-state index in [2.05, 4.69) is 4.98 Å². The molecule has 0 aliphatic heterocycles. The summed E-state index contributed by atoms with van der Waals surface area (Å²) < 4.78 is 5.46. The van der Waals surface area contributed by atoms with E-state index < -0.39 is 0 Å². The number of ether oxygens (including phenoxy) is 1. The number of hydrogen-bond donors (Lipinski definition) is 0. The quantitative estimate of drug-likeness (QED) is 0.641. The maximum absolute atomic E-state index is 12.1. The van der Waals surface area contributed by atoms with E-state index in [9.17, 15) is 9.59 Å². The highest BCUT2D eigenvalue weighted by molar-refractivity contribution is 5.87. The molecule has 108 valence electrons. The van der Waals surface area contributed by atoms with Crippen LogP contribution in [-0.4, -0.2) is 16.7 Å². The van der Waals surface area contributed by atoms with E-state index in [1.807, 2.05) is 31.2 Å². The summed E-state index contributed by atoms with van der Waals surface area (Å²) in [5, 5.41) is 0.937. The van der Waals surface area contributed by atoms with Gasteiger partial charge in [-0.3, -0.25) is 14.6 Å². The van der Waals surface area contributed by atoms with Gasteiger partial charge in [0, 0.05) is 30.3 Å². The molecule has 2 unspecified atom stereocenters. The molecule has 1 aromatic heterocycles. The first-order chi connectivity index (χ1) is 10.1. The third kappa shape index (κ3) is 2.79. The van der Waals surface area contributed by atoms with Crippen LogP contribution in [0.15, 0.2) is 36.5 Å². The second-order valence-corrected chi connectivity index (χ2v) is 5.56. The summed E-state index contributed by atoms with van der Waals surface area (Å²) in [6.45, 7) is 1.90. The maximum atomic E-state index is 12.1. The zero-order valence-electron chi connectivity index (χ0n) is 11.9. The lowest BCUT2D eigenvalue weighted by atomic mass is 9.94. The minimum absolute atomic E-state index is 0.0387. The molecule has 1 aliphatic carbocycles. The van der Waals surface area contributed by atoms with Crippen molar-refractivity contribution in [2.24, 2.45) is 11.8 Å². The van der Waals surface area contributed by atoms with E-state index in [1.54, 1.807) is 12.3 Å². The number of ketones is 1. The summed E-state index contributed by atoms with van der Waals surface area (Å²) in [5.41, 5.74) is 0.684. The Morgan fingerprint density at radius 1 is 1.33 bits per heavy atom. The van der Waals surface area contributed by atoms with E-state index in [4.69, 9.17) is 4.74 Å². The highest BCUT2D eigenvalue weighted by Gasteiger charge is 2.32. The van der Waals surface area contributed by atoms with E-state index in [-0.39, 0.29) is 30.0 Å². The molecule has 1 saturated carbocycles. The lowest BCUT2D eigenvalue weighted by molar-refractivity contribution is -0.135. The van der Waals surface area contributed by atoms with Gasteiger partial charge in [0.25, 0.3) is 0 Å². The van der Waals surface area contributed by atoms with Crippen LogP contribution >= 0.6 is 0 Å². The fourth-order valence-electron chi connectivity index (χ4n) is 2.88. The zero-order chi connectivity index (χ0) is 14.8. The van der Waals surface area contributed by atoms with Crippen molar-refractivity contribution < 1.29 is 14.3 Å². The molecule has 1 fully saturated rings. The SMILES string of the molecule is CC1C(=O)CCC1CC(=O)Oc1cccc2cccnc12. The highest BCUT2D eigenvalue weighted by Crippen LogP contribution is 2.32. The predicted molar refractivity (Wildman–Crippen MR) is 78.9 cm³/mol. The Morgan fingerprint density at radius 3 is 2.90 bits per heavy atom. The van der Waals surface area contributed by atoms with Crippen molar-refractivity contribution in [2.75, 3.05) is 0 Å². The molecule has 0 spiro atoms. The van der Waals surface area contributed by atoms with Crippen molar-refractivity contribution in [1.29, 1.82) is 0 Å². The van der Waals surface area contributed by atoms with Crippen molar-refractivity contribution in [3.8, 4) is 5.75 Å². The first-order valence-corrected chi connectivity index (χ1v) is 7.22. The Bertz CT molecular complexity index is 690. The molecule has 1 heterocycles. The first kappa shape index (κ1) is 13.7. The normalized spacial score (nSPS) is 21.7. The number of pyridine rings is 1. The van der Waals surface area contributed by atoms with Gasteiger partial charge in [-0.1, -0.05) is 25.1 Å². The van der Waals surface area contributed by atoms with E-state index in [0.29, 0.717) is 17.7 Å². The fourth-order valence-corrected chi connectivity index (χ4v) is 2.88. The second kappa shape index (κ2) is 5.64. The summed E-state index contributed by atoms with van der Waals surface area (Å²) >= 11 is 0. The average molecular weight is 283 g/mol. The van der Waals surface area contributed by atoms with Gasteiger partial charge in [0.05, 0.1) is 0 Å². The monoisotopic (exact) mass is 283 g/mol. The maximum Gasteiger partial charge on any atom is 0.311 e. The Morgan fingerprint density at radius 2 is 2.14 bits per heavy atom. The molecule has 4 heteroatoms. The van der Waals surface area contributed by atoms with Gasteiger partial charge in [-0.05, 0) is 24.5 Å². The van der Waals surface area contributed by atoms with Gasteiger partial charge in [0.2, 0.25) is 0 Å². The number of nitrogens with zero attached hydrogens (tertiary/aromatic N) is 1. The number of carbonyl (C=O) groups is 2. The number of benzene rings is 1. The van der Waals surface area contributed by atoms with Gasteiger partial charge in [0.1, 0.15) is 11.3 Å². The molecule has 0 saturated heterocycles. The van der Waals surface area contributed by atoms with Crippen LogP contribution in [0, 0.1) is 11.8 Å². The van der Waals surface area contributed by atoms with Crippen molar-refractivity contribution >= 4 is 22.7 Å². The van der Waals surface area contributed by atoms with Gasteiger partial charge in [-0.15, -0.1) is 0 Å². The Hall–Kier alpha value is -2.23. The van der Waals surface area contributed by atoms with Crippen LogP contribution < -0.4 is 4.74 Å². The molecule has 21 heavy (non-hydrogen) atoms. The standard InChI is InChI=1S/C17H17NO3/c1-11-13(7-8-14(11)19)10-16(20)21-15-6-2-4-12-5-3-9-18-17(12)15/h2-6,9,11,13H,7-8,10H2,1H3. The van der Waals surface area contributed by atoms with Gasteiger partial charge in [0.15, 0.2) is 5.75 Å². The number of hydrogen-bond acceptors (Lipinski definition) is 4. The minimum atomic E-state index is -0.292. The lowest BCUT2D eigenvalue weighted by Crippen LogP contribution is -2.18. The van der Waals surface area contributed by atoms with Crippen LogP contribution in [0.3, 0.4) is 0 Å². The van der Waals surface area contributed by atoms with Crippen LogP contribution in [0.4, 0.5) is 0 Å². The molecule has 0 bridgehead atoms. The molecule has 0 N–H and O–H groups in total. The van der Waals surface area contributed by atoms with Gasteiger partial charge in [-0.25, -0.2) is 0 Å². The predicted octanol–water partition coefficient (Wildman–Crippen LogP) is 3.15. The van der Waals surface area contributed by atoms with Crippen LogP contribution in [0.2, 0.25) is 0 Å². The van der Waals surface area contributed by atoms with Crippen LogP contribution in [0.5, 0.6) is 5.75 Å². The Kier molecular flexibility index (Phi) is 3.69. The summed E-state index contributed by atoms with van der Waals surface area (Å²) in [5.74, 6) is 0.505. The number of carbonyl (C=O) groups excluding carboxylic acids is 2. The number of fused-ring (bicyclic) bond motifs is 1. The molecule has 0 radical (unpaired) electrons. The summed E-state index contributed by atoms with van der Waals surface area (Å²) in [6, 6.07) is 9.29. The largest absolute Gasteiger partial charge is 0.424 e. The number of rotatable bonds is 3. The lowest BCUT2D eigenvalue weighted by Gasteiger charge is -2.13. The molecular weight excluding hydrogens is 266 g/mol. The molecule has 3 rings (SSSR count). The van der Waals surface area contributed by atoms with Gasteiger partial charge >= 0.3 is 5.97 Å². The van der Waals surface area contributed by atoms with Crippen LogP contribution in [0.25, 0.3) is 10.9 Å². The van der Waals surface area contributed by atoms with Crippen molar-refractivity contribution in [1.82, 2.24) is 4.98 Å². The van der Waals surface area contributed by atoms with Gasteiger partial charge in [-0.2, -0.15) is 0 Å². The van der Waals surface area contributed by atoms with Crippen LogP contribution in [-0.2, 0) is 9.59 Å². The summed E-state index contributed by atoms with van der Waals surface area (Å²) in [6.07, 6.45) is 3.32. The third-order valence-electron chi connectivity index (χ3n) is 4.22. The topological polar surface area (TPSA) is 56.3 Å². The highest BCUT2D eigenvalue weighted by atomic mass is 16.5. The molecule has 2 aromatic rings. The van der Waals surface area contributed by atoms with E-state index in [1.165, 1.54) is 0 Å².